The molecule has 1 fully saturated rings. The molecular formula is C17H23N5O3. The molecule has 2 aromatic heterocycles. The first-order valence-corrected chi connectivity index (χ1v) is 8.53. The molecule has 1 amide bonds. The summed E-state index contributed by atoms with van der Waals surface area (Å²) < 4.78 is 6.71. The van der Waals surface area contributed by atoms with Gasteiger partial charge >= 0.3 is 0 Å². The number of aryl methyl sites for hydroxylation is 3. The number of nitrogens with zero attached hydrogens (tertiary/aromatic N) is 4. The van der Waals surface area contributed by atoms with Crippen molar-refractivity contribution in [2.75, 3.05) is 18.0 Å². The SMILES string of the molecule is CCc1onc(C)c1C(=O)NC1CCCN(c2nccn(C)c2=O)C1. The summed E-state index contributed by atoms with van der Waals surface area (Å²) in [4.78, 5) is 31.1. The van der Waals surface area contributed by atoms with Gasteiger partial charge in [-0.3, -0.25) is 9.59 Å². The first kappa shape index (κ1) is 17.2. The Labute approximate surface area is 145 Å². The number of hydrogen-bond donors (Lipinski definition) is 1. The van der Waals surface area contributed by atoms with Gasteiger partial charge in [-0.15, -0.1) is 0 Å². The first-order chi connectivity index (χ1) is 12.0. The Morgan fingerprint density at radius 2 is 2.28 bits per heavy atom. The zero-order valence-corrected chi connectivity index (χ0v) is 14.8. The lowest BCUT2D eigenvalue weighted by Gasteiger charge is -2.33. The van der Waals surface area contributed by atoms with Crippen LogP contribution >= 0.6 is 0 Å². The van der Waals surface area contributed by atoms with Crippen LogP contribution in [0.15, 0.2) is 21.7 Å². The van der Waals surface area contributed by atoms with Gasteiger partial charge in [-0.25, -0.2) is 4.98 Å². The molecule has 2 aromatic rings. The third-order valence-electron chi connectivity index (χ3n) is 4.54. The van der Waals surface area contributed by atoms with Gasteiger partial charge < -0.3 is 19.3 Å². The van der Waals surface area contributed by atoms with E-state index >= 15 is 0 Å². The number of hydrogen-bond acceptors (Lipinski definition) is 6. The molecule has 134 valence electrons. The Morgan fingerprint density at radius 1 is 1.48 bits per heavy atom. The fraction of sp³-hybridized carbons (Fsp3) is 0.529. The van der Waals surface area contributed by atoms with Crippen molar-refractivity contribution in [3.63, 3.8) is 0 Å². The van der Waals surface area contributed by atoms with Crippen molar-refractivity contribution in [1.29, 1.82) is 0 Å². The topological polar surface area (TPSA) is 93.3 Å². The highest BCUT2D eigenvalue weighted by Gasteiger charge is 2.27. The predicted octanol–water partition coefficient (Wildman–Crippen LogP) is 1.04. The molecular weight excluding hydrogens is 322 g/mol. The van der Waals surface area contributed by atoms with Crippen molar-refractivity contribution in [2.45, 2.75) is 39.2 Å². The Morgan fingerprint density at radius 3 is 3.04 bits per heavy atom. The van der Waals surface area contributed by atoms with Crippen LogP contribution in [0.25, 0.3) is 0 Å². The number of piperidine rings is 1. The average molecular weight is 345 g/mol. The van der Waals surface area contributed by atoms with Crippen molar-refractivity contribution >= 4 is 11.7 Å². The van der Waals surface area contributed by atoms with E-state index in [0.717, 1.165) is 19.4 Å². The van der Waals surface area contributed by atoms with E-state index in [0.29, 0.717) is 35.8 Å². The minimum atomic E-state index is -0.170. The summed E-state index contributed by atoms with van der Waals surface area (Å²) in [6.45, 7) is 5.01. The van der Waals surface area contributed by atoms with E-state index in [1.807, 2.05) is 11.8 Å². The van der Waals surface area contributed by atoms with Crippen LogP contribution < -0.4 is 15.8 Å². The van der Waals surface area contributed by atoms with Gasteiger partial charge in [-0.2, -0.15) is 0 Å². The van der Waals surface area contributed by atoms with Gasteiger partial charge in [0.1, 0.15) is 11.3 Å². The minimum Gasteiger partial charge on any atom is -0.360 e. The predicted molar refractivity (Wildman–Crippen MR) is 92.8 cm³/mol. The zero-order chi connectivity index (χ0) is 18.0. The molecule has 1 saturated heterocycles. The summed E-state index contributed by atoms with van der Waals surface area (Å²) >= 11 is 0. The molecule has 0 spiro atoms. The maximum atomic E-state index is 12.6. The molecule has 0 bridgehead atoms. The lowest BCUT2D eigenvalue weighted by molar-refractivity contribution is 0.0930. The van der Waals surface area contributed by atoms with Crippen LogP contribution in [-0.4, -0.2) is 39.7 Å². The first-order valence-electron chi connectivity index (χ1n) is 8.53. The van der Waals surface area contributed by atoms with Crippen LogP contribution in [0.2, 0.25) is 0 Å². The summed E-state index contributed by atoms with van der Waals surface area (Å²) in [5, 5.41) is 6.94. The second kappa shape index (κ2) is 7.08. The third kappa shape index (κ3) is 3.42. The second-order valence-electron chi connectivity index (χ2n) is 6.35. The zero-order valence-electron chi connectivity index (χ0n) is 14.8. The van der Waals surface area contributed by atoms with Crippen LogP contribution in [0.4, 0.5) is 5.82 Å². The highest BCUT2D eigenvalue weighted by molar-refractivity contribution is 5.96. The molecule has 0 saturated carbocycles. The highest BCUT2D eigenvalue weighted by atomic mass is 16.5. The number of rotatable bonds is 4. The molecule has 0 radical (unpaired) electrons. The number of carbonyl (C=O) groups is 1. The standard InChI is InChI=1S/C17H23N5O3/c1-4-13-14(11(2)20-25-13)16(23)19-12-6-5-8-22(10-12)15-17(24)21(3)9-7-18-15/h7,9,12H,4-6,8,10H2,1-3H3,(H,19,23). The summed E-state index contributed by atoms with van der Waals surface area (Å²) in [6.07, 6.45) is 5.61. The lowest BCUT2D eigenvalue weighted by atomic mass is 10.0. The fourth-order valence-electron chi connectivity index (χ4n) is 3.20. The van der Waals surface area contributed by atoms with Gasteiger partial charge in [0.15, 0.2) is 5.82 Å². The Hall–Kier alpha value is -2.64. The molecule has 1 unspecified atom stereocenters. The van der Waals surface area contributed by atoms with Crippen molar-refractivity contribution in [3.8, 4) is 0 Å². The molecule has 1 aliphatic rings. The van der Waals surface area contributed by atoms with Crippen molar-refractivity contribution in [2.24, 2.45) is 7.05 Å². The van der Waals surface area contributed by atoms with E-state index in [1.54, 1.807) is 26.4 Å². The summed E-state index contributed by atoms with van der Waals surface area (Å²) in [5.74, 6) is 0.858. The second-order valence-corrected chi connectivity index (χ2v) is 6.35. The van der Waals surface area contributed by atoms with Crippen molar-refractivity contribution in [3.05, 3.63) is 39.8 Å². The van der Waals surface area contributed by atoms with E-state index in [-0.39, 0.29) is 17.5 Å². The normalized spacial score (nSPS) is 17.6. The Balaban J connectivity index is 1.74. The van der Waals surface area contributed by atoms with E-state index in [9.17, 15) is 9.59 Å². The van der Waals surface area contributed by atoms with E-state index in [2.05, 4.69) is 15.5 Å². The minimum absolute atomic E-state index is 0.0491. The van der Waals surface area contributed by atoms with Crippen LogP contribution in [-0.2, 0) is 13.5 Å². The van der Waals surface area contributed by atoms with Gasteiger partial charge in [0, 0.05) is 45.0 Å². The van der Waals surface area contributed by atoms with Crippen LogP contribution in [0, 0.1) is 6.92 Å². The van der Waals surface area contributed by atoms with E-state index in [4.69, 9.17) is 4.52 Å². The number of carbonyl (C=O) groups excluding carboxylic acids is 1. The van der Waals surface area contributed by atoms with Gasteiger partial charge in [-0.1, -0.05) is 12.1 Å². The Kier molecular flexibility index (Phi) is 4.87. The number of aromatic nitrogens is 3. The molecule has 3 rings (SSSR count). The third-order valence-corrected chi connectivity index (χ3v) is 4.54. The molecule has 3 heterocycles. The van der Waals surface area contributed by atoms with Crippen LogP contribution in [0.5, 0.6) is 0 Å². The average Bonchev–Trinajstić information content (AvgIpc) is 2.98. The van der Waals surface area contributed by atoms with E-state index in [1.165, 1.54) is 4.57 Å². The molecule has 1 atom stereocenters. The number of nitrogens with one attached hydrogen (secondary N) is 1. The maximum absolute atomic E-state index is 12.6. The van der Waals surface area contributed by atoms with Crippen molar-refractivity contribution in [1.82, 2.24) is 20.0 Å². The summed E-state index contributed by atoms with van der Waals surface area (Å²) in [6, 6.07) is -0.0491. The van der Waals surface area contributed by atoms with E-state index < -0.39 is 0 Å². The van der Waals surface area contributed by atoms with Gasteiger partial charge in [0.2, 0.25) is 0 Å². The smallest absolute Gasteiger partial charge is 0.293 e. The molecule has 1 N–H and O–H groups in total. The monoisotopic (exact) mass is 345 g/mol. The summed E-state index contributed by atoms with van der Waals surface area (Å²) in [7, 11) is 1.71. The van der Waals surface area contributed by atoms with Crippen LogP contribution in [0.3, 0.4) is 0 Å². The van der Waals surface area contributed by atoms with Gasteiger partial charge in [0.05, 0.1) is 5.69 Å². The summed E-state index contributed by atoms with van der Waals surface area (Å²) in [5.41, 5.74) is 0.992. The van der Waals surface area contributed by atoms with Gasteiger partial charge in [0.25, 0.3) is 11.5 Å². The Bertz CT molecular complexity index is 826. The van der Waals surface area contributed by atoms with Gasteiger partial charge in [-0.05, 0) is 19.8 Å². The molecule has 0 aromatic carbocycles. The lowest BCUT2D eigenvalue weighted by Crippen LogP contribution is -2.49. The quantitative estimate of drug-likeness (QED) is 0.890. The molecule has 8 heteroatoms. The highest BCUT2D eigenvalue weighted by Crippen LogP contribution is 2.17. The van der Waals surface area contributed by atoms with Crippen LogP contribution in [0.1, 0.15) is 41.6 Å². The number of anilines is 1. The molecule has 0 aliphatic carbocycles. The molecule has 1 aliphatic heterocycles. The van der Waals surface area contributed by atoms with Crippen molar-refractivity contribution < 1.29 is 9.32 Å². The maximum Gasteiger partial charge on any atom is 0.293 e. The fourth-order valence-corrected chi connectivity index (χ4v) is 3.20. The molecule has 8 nitrogen and oxygen atoms in total. The molecule has 25 heavy (non-hydrogen) atoms. The number of amides is 1. The largest absolute Gasteiger partial charge is 0.360 e.